The van der Waals surface area contributed by atoms with Crippen molar-refractivity contribution in [2.24, 2.45) is 11.7 Å². The molecule has 0 unspecified atom stereocenters. The van der Waals surface area contributed by atoms with Gasteiger partial charge in [-0.15, -0.1) is 0 Å². The molecule has 0 aromatic heterocycles. The molecule has 18 heavy (non-hydrogen) atoms. The molecular weight excluding hydrogens is 227 g/mol. The van der Waals surface area contributed by atoms with Gasteiger partial charge in [-0.2, -0.15) is 0 Å². The second kappa shape index (κ2) is 5.81. The highest BCUT2D eigenvalue weighted by Crippen LogP contribution is 2.29. The Bertz CT molecular complexity index is 399. The van der Waals surface area contributed by atoms with Gasteiger partial charge < -0.3 is 5.73 Å². The lowest BCUT2D eigenvalue weighted by atomic mass is 10.1. The van der Waals surface area contributed by atoms with Crippen LogP contribution in [0.2, 0.25) is 0 Å². The summed E-state index contributed by atoms with van der Waals surface area (Å²) >= 11 is 0. The molecule has 0 bridgehead atoms. The molecule has 100 valence electrons. The second-order valence-electron chi connectivity index (χ2n) is 5.68. The Balaban J connectivity index is 2.06. The van der Waals surface area contributed by atoms with Crippen LogP contribution in [-0.2, 0) is 13.1 Å². The van der Waals surface area contributed by atoms with Crippen molar-refractivity contribution >= 4 is 0 Å². The highest BCUT2D eigenvalue weighted by molar-refractivity contribution is 5.25. The fourth-order valence-electron chi connectivity index (χ4n) is 2.37. The summed E-state index contributed by atoms with van der Waals surface area (Å²) < 4.78 is 13.4. The van der Waals surface area contributed by atoms with E-state index >= 15 is 0 Å². The van der Waals surface area contributed by atoms with E-state index in [0.717, 1.165) is 19.1 Å². The lowest BCUT2D eigenvalue weighted by molar-refractivity contribution is 0.226. The summed E-state index contributed by atoms with van der Waals surface area (Å²) in [5.41, 5.74) is 7.34. The van der Waals surface area contributed by atoms with Gasteiger partial charge in [0.05, 0.1) is 0 Å². The van der Waals surface area contributed by atoms with Crippen LogP contribution >= 0.6 is 0 Å². The zero-order chi connectivity index (χ0) is 13.1. The van der Waals surface area contributed by atoms with Gasteiger partial charge >= 0.3 is 0 Å². The molecule has 1 aliphatic carbocycles. The first-order valence-electron chi connectivity index (χ1n) is 6.81. The maximum absolute atomic E-state index is 13.4. The summed E-state index contributed by atoms with van der Waals surface area (Å²) in [4.78, 5) is 2.51. The number of nitrogens with zero attached hydrogens (tertiary/aromatic N) is 1. The average Bonchev–Trinajstić information content (AvgIpc) is 3.14. The van der Waals surface area contributed by atoms with Gasteiger partial charge in [0.2, 0.25) is 0 Å². The largest absolute Gasteiger partial charge is 0.326 e. The molecule has 2 rings (SSSR count). The highest BCUT2D eigenvalue weighted by atomic mass is 19.1. The zero-order valence-electron chi connectivity index (χ0n) is 11.3. The first kappa shape index (κ1) is 13.5. The van der Waals surface area contributed by atoms with Gasteiger partial charge in [-0.05, 0) is 30.4 Å². The molecule has 0 atom stereocenters. The third-order valence-electron chi connectivity index (χ3n) is 3.38. The zero-order valence-corrected chi connectivity index (χ0v) is 11.3. The standard InChI is InChI=1S/C15H23FN2/c1-11(2)9-18(14-4-5-14)10-12-3-6-15(16)13(7-12)8-17/h3,6-7,11,14H,4-5,8-10,17H2,1-2H3. The van der Waals surface area contributed by atoms with Crippen molar-refractivity contribution < 1.29 is 4.39 Å². The number of nitrogens with two attached hydrogens (primary N) is 1. The molecule has 1 aliphatic rings. The van der Waals surface area contributed by atoms with Crippen LogP contribution in [0.5, 0.6) is 0 Å². The number of rotatable bonds is 6. The predicted molar refractivity (Wildman–Crippen MR) is 72.6 cm³/mol. The van der Waals surface area contributed by atoms with Crippen LogP contribution < -0.4 is 5.73 Å². The Morgan fingerprint density at radius 2 is 2.11 bits per heavy atom. The minimum atomic E-state index is -0.192. The van der Waals surface area contributed by atoms with Crippen molar-refractivity contribution in [3.63, 3.8) is 0 Å². The Morgan fingerprint density at radius 3 is 2.67 bits per heavy atom. The molecule has 2 N–H and O–H groups in total. The second-order valence-corrected chi connectivity index (χ2v) is 5.68. The van der Waals surface area contributed by atoms with Crippen LogP contribution in [0, 0.1) is 11.7 Å². The lowest BCUT2D eigenvalue weighted by Crippen LogP contribution is -2.29. The minimum absolute atomic E-state index is 0.192. The molecule has 1 aromatic rings. The molecule has 0 heterocycles. The van der Waals surface area contributed by atoms with Gasteiger partial charge in [0.25, 0.3) is 0 Å². The van der Waals surface area contributed by atoms with Crippen molar-refractivity contribution in [2.75, 3.05) is 6.54 Å². The monoisotopic (exact) mass is 250 g/mol. The van der Waals surface area contributed by atoms with E-state index in [0.29, 0.717) is 11.5 Å². The Labute approximate surface area is 109 Å². The highest BCUT2D eigenvalue weighted by Gasteiger charge is 2.29. The first-order chi connectivity index (χ1) is 8.60. The third-order valence-corrected chi connectivity index (χ3v) is 3.38. The Kier molecular flexibility index (Phi) is 4.36. The van der Waals surface area contributed by atoms with Gasteiger partial charge in [0.1, 0.15) is 5.82 Å². The maximum atomic E-state index is 13.4. The van der Waals surface area contributed by atoms with E-state index in [9.17, 15) is 4.39 Å². The summed E-state index contributed by atoms with van der Waals surface area (Å²) in [6.07, 6.45) is 2.61. The molecule has 0 radical (unpaired) electrons. The average molecular weight is 250 g/mol. The molecule has 3 heteroatoms. The lowest BCUT2D eigenvalue weighted by Gasteiger charge is -2.24. The van der Waals surface area contributed by atoms with E-state index in [1.807, 2.05) is 12.1 Å². The quantitative estimate of drug-likeness (QED) is 0.841. The number of halogens is 1. The van der Waals surface area contributed by atoms with E-state index < -0.39 is 0 Å². The van der Waals surface area contributed by atoms with E-state index in [4.69, 9.17) is 5.73 Å². The van der Waals surface area contributed by atoms with Crippen LogP contribution in [0.15, 0.2) is 18.2 Å². The van der Waals surface area contributed by atoms with Gasteiger partial charge in [-0.3, -0.25) is 4.90 Å². The Hall–Kier alpha value is -0.930. The van der Waals surface area contributed by atoms with E-state index in [-0.39, 0.29) is 12.4 Å². The van der Waals surface area contributed by atoms with E-state index in [2.05, 4.69) is 18.7 Å². The van der Waals surface area contributed by atoms with Gasteiger partial charge in [-0.1, -0.05) is 26.0 Å². The molecule has 0 spiro atoms. The molecular formula is C15H23FN2. The summed E-state index contributed by atoms with van der Waals surface area (Å²) in [5, 5.41) is 0. The van der Waals surface area contributed by atoms with Crippen LogP contribution in [0.1, 0.15) is 37.8 Å². The van der Waals surface area contributed by atoms with Crippen molar-refractivity contribution in [1.29, 1.82) is 0 Å². The smallest absolute Gasteiger partial charge is 0.127 e. The van der Waals surface area contributed by atoms with E-state index in [1.165, 1.54) is 24.5 Å². The molecule has 1 aromatic carbocycles. The summed E-state index contributed by atoms with van der Waals surface area (Å²) in [7, 11) is 0. The van der Waals surface area contributed by atoms with E-state index in [1.54, 1.807) is 0 Å². The van der Waals surface area contributed by atoms with Crippen molar-refractivity contribution in [3.8, 4) is 0 Å². The Morgan fingerprint density at radius 1 is 1.39 bits per heavy atom. The summed E-state index contributed by atoms with van der Waals surface area (Å²) in [5.74, 6) is 0.475. The molecule has 0 amide bonds. The molecule has 0 aliphatic heterocycles. The third kappa shape index (κ3) is 3.53. The van der Waals surface area contributed by atoms with Crippen LogP contribution in [0.25, 0.3) is 0 Å². The molecule has 1 saturated carbocycles. The summed E-state index contributed by atoms with van der Waals surface area (Å²) in [6.45, 7) is 6.78. The van der Waals surface area contributed by atoms with Crippen molar-refractivity contribution in [2.45, 2.75) is 45.8 Å². The van der Waals surface area contributed by atoms with Crippen LogP contribution in [0.3, 0.4) is 0 Å². The van der Waals surface area contributed by atoms with Gasteiger partial charge in [0, 0.05) is 31.2 Å². The van der Waals surface area contributed by atoms with Crippen molar-refractivity contribution in [1.82, 2.24) is 4.90 Å². The topological polar surface area (TPSA) is 29.3 Å². The predicted octanol–water partition coefficient (Wildman–Crippen LogP) is 2.90. The fraction of sp³-hybridized carbons (Fsp3) is 0.600. The van der Waals surface area contributed by atoms with Crippen LogP contribution in [-0.4, -0.2) is 17.5 Å². The number of hydrogen-bond donors (Lipinski definition) is 1. The normalized spacial score (nSPS) is 15.7. The number of hydrogen-bond acceptors (Lipinski definition) is 2. The maximum Gasteiger partial charge on any atom is 0.127 e. The first-order valence-corrected chi connectivity index (χ1v) is 6.81. The molecule has 2 nitrogen and oxygen atoms in total. The van der Waals surface area contributed by atoms with Crippen LogP contribution in [0.4, 0.5) is 4.39 Å². The van der Waals surface area contributed by atoms with Gasteiger partial charge in [-0.25, -0.2) is 4.39 Å². The van der Waals surface area contributed by atoms with Gasteiger partial charge in [0.15, 0.2) is 0 Å². The SMILES string of the molecule is CC(C)CN(Cc1ccc(F)c(CN)c1)C1CC1. The summed E-state index contributed by atoms with van der Waals surface area (Å²) in [6, 6.07) is 6.06. The fourth-order valence-corrected chi connectivity index (χ4v) is 2.37. The molecule has 0 saturated heterocycles. The molecule has 1 fully saturated rings. The van der Waals surface area contributed by atoms with Crippen molar-refractivity contribution in [3.05, 3.63) is 35.1 Å². The number of benzene rings is 1. The minimum Gasteiger partial charge on any atom is -0.326 e.